The molecule has 2 heterocycles. The van der Waals surface area contributed by atoms with Crippen molar-refractivity contribution in [3.05, 3.63) is 0 Å². The van der Waals surface area contributed by atoms with E-state index in [2.05, 4.69) is 5.32 Å². The standard InChI is InChI=1S/C13H24FN3O2/c1-2-19-12(18)10-16-6-8-17(9-7-16)13(14)11-4-3-5-15-11/h11,13,15H,2-10H2,1H3/t11-,13+/m0/s1. The number of nitrogens with zero attached hydrogens (tertiary/aromatic N) is 2. The highest BCUT2D eigenvalue weighted by Crippen LogP contribution is 2.17. The van der Waals surface area contributed by atoms with Gasteiger partial charge in [0.15, 0.2) is 6.30 Å². The summed E-state index contributed by atoms with van der Waals surface area (Å²) in [6, 6.07) is -0.0170. The van der Waals surface area contributed by atoms with Crippen molar-refractivity contribution in [2.75, 3.05) is 45.9 Å². The minimum absolute atomic E-state index is 0.0170. The number of halogens is 1. The second-order valence-electron chi connectivity index (χ2n) is 5.19. The number of carbonyl (C=O) groups is 1. The lowest BCUT2D eigenvalue weighted by atomic mass is 10.2. The molecular weight excluding hydrogens is 249 g/mol. The average molecular weight is 273 g/mol. The maximum Gasteiger partial charge on any atom is 0.320 e. The fraction of sp³-hybridized carbons (Fsp3) is 0.923. The Kier molecular flexibility index (Phi) is 5.54. The number of nitrogens with one attached hydrogen (secondary N) is 1. The van der Waals surface area contributed by atoms with Gasteiger partial charge in [0.2, 0.25) is 0 Å². The fourth-order valence-electron chi connectivity index (χ4n) is 2.76. The molecule has 0 saturated carbocycles. The fourth-order valence-corrected chi connectivity index (χ4v) is 2.76. The Bertz CT molecular complexity index is 290. The van der Waals surface area contributed by atoms with Crippen LogP contribution in [0.15, 0.2) is 0 Å². The molecule has 0 aromatic carbocycles. The summed E-state index contributed by atoms with van der Waals surface area (Å²) in [6.07, 6.45) is 1.09. The first-order valence-corrected chi connectivity index (χ1v) is 7.20. The van der Waals surface area contributed by atoms with Crippen molar-refractivity contribution >= 4 is 5.97 Å². The molecule has 0 spiro atoms. The minimum Gasteiger partial charge on any atom is -0.465 e. The molecule has 2 aliphatic heterocycles. The van der Waals surface area contributed by atoms with Crippen molar-refractivity contribution in [3.63, 3.8) is 0 Å². The van der Waals surface area contributed by atoms with E-state index in [-0.39, 0.29) is 12.0 Å². The quantitative estimate of drug-likeness (QED) is 0.573. The highest BCUT2D eigenvalue weighted by molar-refractivity contribution is 5.71. The first kappa shape index (κ1) is 14.7. The molecule has 2 fully saturated rings. The monoisotopic (exact) mass is 273 g/mol. The molecular formula is C13H24FN3O2. The number of hydrogen-bond acceptors (Lipinski definition) is 5. The van der Waals surface area contributed by atoms with Crippen LogP contribution < -0.4 is 5.32 Å². The molecule has 110 valence electrons. The van der Waals surface area contributed by atoms with Gasteiger partial charge in [0, 0.05) is 26.2 Å². The lowest BCUT2D eigenvalue weighted by Gasteiger charge is -2.37. The van der Waals surface area contributed by atoms with Crippen molar-refractivity contribution in [1.29, 1.82) is 0 Å². The van der Waals surface area contributed by atoms with E-state index in [1.165, 1.54) is 0 Å². The average Bonchev–Trinajstić information content (AvgIpc) is 2.93. The van der Waals surface area contributed by atoms with Gasteiger partial charge in [0.25, 0.3) is 0 Å². The summed E-state index contributed by atoms with van der Waals surface area (Å²) in [6.45, 7) is 6.28. The Morgan fingerprint density at radius 2 is 2.16 bits per heavy atom. The molecule has 0 radical (unpaired) electrons. The number of esters is 1. The highest BCUT2D eigenvalue weighted by Gasteiger charge is 2.31. The van der Waals surface area contributed by atoms with Crippen LogP contribution in [0.4, 0.5) is 4.39 Å². The maximum absolute atomic E-state index is 14.3. The molecule has 0 unspecified atom stereocenters. The summed E-state index contributed by atoms with van der Waals surface area (Å²) >= 11 is 0. The van der Waals surface area contributed by atoms with Gasteiger partial charge in [-0.05, 0) is 26.3 Å². The van der Waals surface area contributed by atoms with Crippen molar-refractivity contribution in [1.82, 2.24) is 15.1 Å². The van der Waals surface area contributed by atoms with Crippen LogP contribution >= 0.6 is 0 Å². The Hall–Kier alpha value is -0.720. The molecule has 0 aliphatic carbocycles. The van der Waals surface area contributed by atoms with Gasteiger partial charge in [-0.1, -0.05) is 0 Å². The molecule has 0 amide bonds. The lowest BCUT2D eigenvalue weighted by molar-refractivity contribution is -0.145. The number of ether oxygens (including phenoxy) is 1. The third-order valence-electron chi connectivity index (χ3n) is 3.84. The topological polar surface area (TPSA) is 44.8 Å². The van der Waals surface area contributed by atoms with Gasteiger partial charge < -0.3 is 10.1 Å². The smallest absolute Gasteiger partial charge is 0.320 e. The van der Waals surface area contributed by atoms with Crippen LogP contribution in [0.5, 0.6) is 0 Å². The minimum atomic E-state index is -0.896. The zero-order valence-electron chi connectivity index (χ0n) is 11.6. The Morgan fingerprint density at radius 1 is 1.42 bits per heavy atom. The predicted octanol–water partition coefficient (Wildman–Crippen LogP) is 0.215. The van der Waals surface area contributed by atoms with Gasteiger partial charge in [-0.25, -0.2) is 4.39 Å². The van der Waals surface area contributed by atoms with E-state index >= 15 is 0 Å². The van der Waals surface area contributed by atoms with Gasteiger partial charge in [-0.15, -0.1) is 0 Å². The molecule has 19 heavy (non-hydrogen) atoms. The van der Waals surface area contributed by atoms with E-state index in [0.29, 0.717) is 26.2 Å². The van der Waals surface area contributed by atoms with Crippen LogP contribution in [0.1, 0.15) is 19.8 Å². The van der Waals surface area contributed by atoms with Gasteiger partial charge in [-0.2, -0.15) is 0 Å². The number of carbonyl (C=O) groups excluding carboxylic acids is 1. The first-order valence-electron chi connectivity index (χ1n) is 7.20. The molecule has 0 aromatic heterocycles. The Labute approximate surface area is 114 Å². The summed E-state index contributed by atoms with van der Waals surface area (Å²) in [4.78, 5) is 15.3. The van der Waals surface area contributed by atoms with Crippen LogP contribution in [0.2, 0.25) is 0 Å². The summed E-state index contributed by atoms with van der Waals surface area (Å²) in [5, 5.41) is 3.21. The van der Waals surface area contributed by atoms with E-state index < -0.39 is 6.30 Å². The molecule has 0 bridgehead atoms. The third kappa shape index (κ3) is 4.12. The Morgan fingerprint density at radius 3 is 2.74 bits per heavy atom. The molecule has 2 rings (SSSR count). The second kappa shape index (κ2) is 7.17. The van der Waals surface area contributed by atoms with Crippen LogP contribution in [0.3, 0.4) is 0 Å². The van der Waals surface area contributed by atoms with E-state index in [1.807, 2.05) is 9.80 Å². The highest BCUT2D eigenvalue weighted by atomic mass is 19.1. The predicted molar refractivity (Wildman–Crippen MR) is 70.6 cm³/mol. The van der Waals surface area contributed by atoms with E-state index in [9.17, 15) is 9.18 Å². The summed E-state index contributed by atoms with van der Waals surface area (Å²) < 4.78 is 19.2. The van der Waals surface area contributed by atoms with Gasteiger partial charge >= 0.3 is 5.97 Å². The number of alkyl halides is 1. The third-order valence-corrected chi connectivity index (χ3v) is 3.84. The molecule has 5 nitrogen and oxygen atoms in total. The molecule has 2 aliphatic rings. The van der Waals surface area contributed by atoms with Gasteiger partial charge in [-0.3, -0.25) is 14.6 Å². The molecule has 2 saturated heterocycles. The summed E-state index contributed by atoms with van der Waals surface area (Å²) in [5.41, 5.74) is 0. The Balaban J connectivity index is 1.71. The van der Waals surface area contributed by atoms with Crippen molar-refractivity contribution in [3.8, 4) is 0 Å². The van der Waals surface area contributed by atoms with E-state index in [4.69, 9.17) is 4.74 Å². The van der Waals surface area contributed by atoms with Crippen molar-refractivity contribution in [2.45, 2.75) is 32.1 Å². The number of hydrogen-bond donors (Lipinski definition) is 1. The van der Waals surface area contributed by atoms with Crippen LogP contribution in [-0.2, 0) is 9.53 Å². The maximum atomic E-state index is 14.3. The normalized spacial score (nSPS) is 27.4. The zero-order valence-corrected chi connectivity index (χ0v) is 11.6. The molecule has 2 atom stereocenters. The molecule has 6 heteroatoms. The lowest BCUT2D eigenvalue weighted by Crippen LogP contribution is -2.54. The zero-order chi connectivity index (χ0) is 13.7. The van der Waals surface area contributed by atoms with Crippen LogP contribution in [-0.4, -0.2) is 74.0 Å². The summed E-state index contributed by atoms with van der Waals surface area (Å²) in [5.74, 6) is -0.190. The van der Waals surface area contributed by atoms with Crippen LogP contribution in [0.25, 0.3) is 0 Å². The number of rotatable bonds is 5. The van der Waals surface area contributed by atoms with Crippen LogP contribution in [0, 0.1) is 0 Å². The van der Waals surface area contributed by atoms with E-state index in [0.717, 1.165) is 32.5 Å². The molecule has 0 aromatic rings. The second-order valence-corrected chi connectivity index (χ2v) is 5.19. The molecule has 1 N–H and O–H groups in total. The SMILES string of the molecule is CCOC(=O)CN1CCN([C@@H](F)[C@@H]2CCCN2)CC1. The number of piperazine rings is 1. The van der Waals surface area contributed by atoms with Crippen molar-refractivity contribution < 1.29 is 13.9 Å². The first-order chi connectivity index (χ1) is 9.20. The largest absolute Gasteiger partial charge is 0.465 e. The van der Waals surface area contributed by atoms with Gasteiger partial charge in [0.05, 0.1) is 19.2 Å². The van der Waals surface area contributed by atoms with E-state index in [1.54, 1.807) is 6.92 Å². The summed E-state index contributed by atoms with van der Waals surface area (Å²) in [7, 11) is 0. The van der Waals surface area contributed by atoms with Gasteiger partial charge in [0.1, 0.15) is 0 Å². The van der Waals surface area contributed by atoms with Crippen molar-refractivity contribution in [2.24, 2.45) is 0 Å².